The zero-order valence-electron chi connectivity index (χ0n) is 27.9. The van der Waals surface area contributed by atoms with Crippen molar-refractivity contribution < 1.29 is 83.1 Å². The van der Waals surface area contributed by atoms with Crippen molar-refractivity contribution in [2.75, 3.05) is 61.5 Å². The molecule has 0 aliphatic carbocycles. The van der Waals surface area contributed by atoms with Crippen molar-refractivity contribution in [1.29, 1.82) is 0 Å². The molecule has 0 bridgehead atoms. The molecular formula is C33H44O17. The zero-order valence-corrected chi connectivity index (χ0v) is 27.9. The van der Waals surface area contributed by atoms with Crippen LogP contribution >= 0.6 is 0 Å². The number of methoxy groups -OCH3 is 4. The maximum absolute atomic E-state index is 11.0. The highest BCUT2D eigenvalue weighted by Gasteiger charge is 2.54. The lowest BCUT2D eigenvalue weighted by Gasteiger charge is -2.42. The molecule has 12 atom stereocenters. The molecule has 7 N–H and O–H groups in total. The molecular weight excluding hydrogens is 668 g/mol. The first-order valence-corrected chi connectivity index (χ1v) is 16.0. The van der Waals surface area contributed by atoms with Crippen LogP contribution in [-0.4, -0.2) is 146 Å². The van der Waals surface area contributed by atoms with E-state index in [2.05, 4.69) is 0 Å². The van der Waals surface area contributed by atoms with Gasteiger partial charge in [0.1, 0.15) is 30.0 Å². The van der Waals surface area contributed by atoms with Gasteiger partial charge in [0.05, 0.1) is 73.7 Å². The monoisotopic (exact) mass is 712 g/mol. The first kappa shape index (κ1) is 36.6. The molecule has 17 nitrogen and oxygen atoms in total. The predicted molar refractivity (Wildman–Crippen MR) is 166 cm³/mol. The van der Waals surface area contributed by atoms with Crippen molar-refractivity contribution in [3.63, 3.8) is 0 Å². The fraction of sp³-hybridized carbons (Fsp3) is 0.636. The van der Waals surface area contributed by atoms with E-state index in [0.29, 0.717) is 18.8 Å². The number of hydrogen-bond donors (Lipinski definition) is 7. The standard InChI is InChI=1S/C33H44O17/c1-41-18-5-14(6-19(42-2)23(18)36)26-16-10-46-27(17(16)11-45-26)15-7-20(43-3)28(21(8-15)44-4)49-31-29(25(38)24(37)22(9-34)48-31)50-32-30(39)33(40,12-35)13-47-32/h5-8,16-17,22,24-27,29-32,34-40H,9-13H2,1-4H3/t16-,17+,22-,24-,25+,26-,27-,29-,30+,31-,32-,33-/m1/s1. The van der Waals surface area contributed by atoms with E-state index in [1.165, 1.54) is 28.4 Å². The topological polar surface area (TPSA) is 234 Å². The molecule has 4 fully saturated rings. The highest BCUT2D eigenvalue weighted by atomic mass is 16.8. The predicted octanol–water partition coefficient (Wildman–Crippen LogP) is -0.855. The number of phenolic OH excluding ortho intramolecular Hbond substituents is 1. The Kier molecular flexibility index (Phi) is 10.8. The molecule has 4 heterocycles. The van der Waals surface area contributed by atoms with Crippen LogP contribution < -0.4 is 23.7 Å². The van der Waals surface area contributed by atoms with Gasteiger partial charge in [0.15, 0.2) is 35.4 Å². The summed E-state index contributed by atoms with van der Waals surface area (Å²) in [6.07, 6.45) is -11.8. The van der Waals surface area contributed by atoms with Crippen molar-refractivity contribution >= 4 is 0 Å². The minimum atomic E-state index is -2.02. The van der Waals surface area contributed by atoms with E-state index in [-0.39, 0.29) is 52.4 Å². The summed E-state index contributed by atoms with van der Waals surface area (Å²) in [7, 11) is 5.73. The van der Waals surface area contributed by atoms with E-state index in [9.17, 15) is 35.7 Å². The van der Waals surface area contributed by atoms with Gasteiger partial charge in [0.25, 0.3) is 0 Å². The van der Waals surface area contributed by atoms with Crippen LogP contribution in [0.2, 0.25) is 0 Å². The molecule has 2 aromatic carbocycles. The van der Waals surface area contributed by atoms with Crippen molar-refractivity contribution in [2.45, 2.75) is 60.9 Å². The number of hydrogen-bond acceptors (Lipinski definition) is 17. The third-order valence-electron chi connectivity index (χ3n) is 9.84. The third kappa shape index (κ3) is 6.41. The summed E-state index contributed by atoms with van der Waals surface area (Å²) < 4.78 is 57.7. The molecule has 0 radical (unpaired) electrons. The number of benzene rings is 2. The van der Waals surface area contributed by atoms with Crippen LogP contribution in [-0.2, 0) is 23.7 Å². The Morgan fingerprint density at radius 2 is 1.26 bits per heavy atom. The summed E-state index contributed by atoms with van der Waals surface area (Å²) in [4.78, 5) is 0. The Morgan fingerprint density at radius 3 is 1.72 bits per heavy atom. The van der Waals surface area contributed by atoms with Crippen LogP contribution in [0.15, 0.2) is 24.3 Å². The van der Waals surface area contributed by atoms with Gasteiger partial charge in [-0.1, -0.05) is 0 Å². The number of aromatic hydroxyl groups is 1. The molecule has 278 valence electrons. The molecule has 50 heavy (non-hydrogen) atoms. The van der Waals surface area contributed by atoms with Crippen molar-refractivity contribution in [2.24, 2.45) is 11.8 Å². The van der Waals surface area contributed by atoms with Crippen LogP contribution in [0.5, 0.6) is 34.5 Å². The lowest BCUT2D eigenvalue weighted by Crippen LogP contribution is -2.62. The summed E-state index contributed by atoms with van der Waals surface area (Å²) in [5.74, 6) is 0.665. The summed E-state index contributed by atoms with van der Waals surface area (Å²) in [5.41, 5.74) is -0.567. The summed E-state index contributed by atoms with van der Waals surface area (Å²) in [5, 5.41) is 72.4. The molecule has 0 spiro atoms. The van der Waals surface area contributed by atoms with Gasteiger partial charge >= 0.3 is 0 Å². The Morgan fingerprint density at radius 1 is 0.740 bits per heavy atom. The van der Waals surface area contributed by atoms with Crippen molar-refractivity contribution in [1.82, 2.24) is 0 Å². The minimum absolute atomic E-state index is 0.0239. The second-order valence-electron chi connectivity index (χ2n) is 12.7. The van der Waals surface area contributed by atoms with Crippen LogP contribution in [0.3, 0.4) is 0 Å². The molecule has 2 aromatic rings. The fourth-order valence-corrected chi connectivity index (χ4v) is 6.97. The summed E-state index contributed by atoms with van der Waals surface area (Å²) in [6, 6.07) is 6.82. The lowest BCUT2D eigenvalue weighted by atomic mass is 9.84. The second kappa shape index (κ2) is 14.8. The van der Waals surface area contributed by atoms with Crippen LogP contribution in [0.25, 0.3) is 0 Å². The van der Waals surface area contributed by atoms with Crippen molar-refractivity contribution in [3.05, 3.63) is 35.4 Å². The average molecular weight is 713 g/mol. The fourth-order valence-electron chi connectivity index (χ4n) is 6.97. The largest absolute Gasteiger partial charge is 0.502 e. The van der Waals surface area contributed by atoms with Gasteiger partial charge in [-0.05, 0) is 35.4 Å². The molecule has 0 unspecified atom stereocenters. The maximum Gasteiger partial charge on any atom is 0.230 e. The minimum Gasteiger partial charge on any atom is -0.502 e. The van der Waals surface area contributed by atoms with Gasteiger partial charge in [0, 0.05) is 11.8 Å². The summed E-state index contributed by atoms with van der Waals surface area (Å²) in [6.45, 7) is -1.24. The molecule has 0 saturated carbocycles. The van der Waals surface area contributed by atoms with E-state index in [1.54, 1.807) is 24.3 Å². The smallest absolute Gasteiger partial charge is 0.230 e. The van der Waals surface area contributed by atoms with Gasteiger partial charge in [-0.3, -0.25) is 0 Å². The number of phenols is 1. The van der Waals surface area contributed by atoms with E-state index in [1.807, 2.05) is 0 Å². The lowest BCUT2D eigenvalue weighted by molar-refractivity contribution is -0.319. The quantitative estimate of drug-likeness (QED) is 0.142. The molecule has 0 aromatic heterocycles. The molecule has 17 heteroatoms. The first-order valence-electron chi connectivity index (χ1n) is 16.0. The van der Waals surface area contributed by atoms with Crippen LogP contribution in [0, 0.1) is 11.8 Å². The Labute approximate surface area is 287 Å². The molecule has 6 rings (SSSR count). The first-order chi connectivity index (χ1) is 24.0. The number of rotatable bonds is 12. The van der Waals surface area contributed by atoms with Crippen LogP contribution in [0.4, 0.5) is 0 Å². The van der Waals surface area contributed by atoms with Gasteiger partial charge in [-0.15, -0.1) is 0 Å². The van der Waals surface area contributed by atoms with E-state index < -0.39 is 74.6 Å². The molecule has 0 amide bonds. The van der Waals surface area contributed by atoms with E-state index in [4.69, 9.17) is 47.4 Å². The average Bonchev–Trinajstić information content (AvgIpc) is 3.82. The zero-order chi connectivity index (χ0) is 35.9. The highest BCUT2D eigenvalue weighted by Crippen LogP contribution is 2.54. The molecule has 4 aliphatic rings. The van der Waals surface area contributed by atoms with E-state index >= 15 is 0 Å². The summed E-state index contributed by atoms with van der Waals surface area (Å²) >= 11 is 0. The van der Waals surface area contributed by atoms with Crippen molar-refractivity contribution in [3.8, 4) is 34.5 Å². The highest BCUT2D eigenvalue weighted by molar-refractivity contribution is 5.55. The SMILES string of the molecule is COc1cc([C@H]2OC[C@H]3[C@H]2CO[C@@H]3c2cc(OC)c(O[C@H]3O[C@H](CO)[C@@H](O)[C@H](O)[C@H]3O[C@H]3OC[C@](O)(CO)[C@H]3O)c(OC)c2)cc(OC)c1O. The second-order valence-corrected chi connectivity index (χ2v) is 12.7. The maximum atomic E-state index is 11.0. The number of fused-ring (bicyclic) bond motifs is 1. The number of aliphatic hydroxyl groups is 6. The van der Waals surface area contributed by atoms with Crippen LogP contribution in [0.1, 0.15) is 23.3 Å². The van der Waals surface area contributed by atoms with E-state index in [0.717, 1.165) is 5.56 Å². The Hall–Kier alpha value is -3.20. The van der Waals surface area contributed by atoms with Gasteiger partial charge in [-0.25, -0.2) is 0 Å². The van der Waals surface area contributed by atoms with Gasteiger partial charge in [0.2, 0.25) is 17.8 Å². The normalized spacial score (nSPS) is 36.6. The van der Waals surface area contributed by atoms with Gasteiger partial charge in [-0.2, -0.15) is 0 Å². The Bertz CT molecular complexity index is 1440. The molecule has 4 aliphatic heterocycles. The van der Waals surface area contributed by atoms with Gasteiger partial charge < -0.3 is 83.1 Å². The Balaban J connectivity index is 1.26. The third-order valence-corrected chi connectivity index (χ3v) is 9.84. The molecule has 4 saturated heterocycles. The number of aliphatic hydroxyl groups excluding tert-OH is 5. The number of ether oxygens (including phenoxy) is 10.